The fourth-order valence-electron chi connectivity index (χ4n) is 2.13. The minimum Gasteiger partial charge on any atom is -0.484 e. The number of ether oxygens (including phenoxy) is 1. The molecule has 0 saturated carbocycles. The number of aryl methyl sites for hydroxylation is 1. The van der Waals surface area contributed by atoms with Crippen molar-refractivity contribution in [3.63, 3.8) is 0 Å². The van der Waals surface area contributed by atoms with Crippen molar-refractivity contribution < 1.29 is 9.53 Å². The molecule has 0 spiro atoms. The molecule has 2 aromatic carbocycles. The smallest absolute Gasteiger partial charge is 0.262 e. The van der Waals surface area contributed by atoms with Crippen LogP contribution in [0.2, 0.25) is 0 Å². The van der Waals surface area contributed by atoms with Crippen molar-refractivity contribution in [3.05, 3.63) is 46.4 Å². The second-order valence-corrected chi connectivity index (χ2v) is 6.93. The third-order valence-electron chi connectivity index (χ3n) is 3.11. The summed E-state index contributed by atoms with van der Waals surface area (Å²) in [5.74, 6) is 0.447. The summed E-state index contributed by atoms with van der Waals surface area (Å²) in [6.07, 6.45) is 0. The fraction of sp³-hybridized carbons (Fsp3) is 0.125. The SMILES string of the molecule is Cc1cccc(OCC(=O)Nc2cc(Br)c3nc(N)sc3c2)c1. The number of carbonyl (C=O) groups excluding carboxylic acids is 1. The zero-order chi connectivity index (χ0) is 16.4. The minimum absolute atomic E-state index is 0.0516. The molecule has 0 unspecified atom stereocenters. The van der Waals surface area contributed by atoms with E-state index in [1.165, 1.54) is 11.3 Å². The van der Waals surface area contributed by atoms with Gasteiger partial charge in [-0.15, -0.1) is 0 Å². The predicted octanol–water partition coefficient (Wildman–Crippen LogP) is 3.97. The summed E-state index contributed by atoms with van der Waals surface area (Å²) in [4.78, 5) is 16.3. The normalized spacial score (nSPS) is 10.7. The zero-order valence-corrected chi connectivity index (χ0v) is 14.7. The highest BCUT2D eigenvalue weighted by Crippen LogP contribution is 2.32. The molecule has 3 aromatic rings. The molecule has 0 radical (unpaired) electrons. The van der Waals surface area contributed by atoms with Crippen LogP contribution in [0.15, 0.2) is 40.9 Å². The maximum absolute atomic E-state index is 12.0. The molecule has 1 amide bonds. The summed E-state index contributed by atoms with van der Waals surface area (Å²) in [7, 11) is 0. The van der Waals surface area contributed by atoms with Crippen molar-refractivity contribution in [3.8, 4) is 5.75 Å². The fourth-order valence-corrected chi connectivity index (χ4v) is 3.61. The number of carbonyl (C=O) groups is 1. The number of anilines is 2. The Morgan fingerprint density at radius 2 is 2.22 bits per heavy atom. The Bertz CT molecular complexity index is 879. The van der Waals surface area contributed by atoms with E-state index in [0.29, 0.717) is 16.6 Å². The van der Waals surface area contributed by atoms with E-state index in [-0.39, 0.29) is 12.5 Å². The van der Waals surface area contributed by atoms with E-state index in [4.69, 9.17) is 10.5 Å². The van der Waals surface area contributed by atoms with Crippen molar-refractivity contribution in [1.82, 2.24) is 4.98 Å². The molecule has 0 aliphatic rings. The van der Waals surface area contributed by atoms with E-state index in [9.17, 15) is 4.79 Å². The first-order valence-corrected chi connectivity index (χ1v) is 8.47. The standard InChI is InChI=1S/C16H14BrN3O2S/c1-9-3-2-4-11(5-9)22-8-14(21)19-10-6-12(17)15-13(7-10)23-16(18)20-15/h2-7H,8H2,1H3,(H2,18,20)(H,19,21). The maximum atomic E-state index is 12.0. The van der Waals surface area contributed by atoms with Gasteiger partial charge in [-0.05, 0) is 52.7 Å². The number of fused-ring (bicyclic) bond motifs is 1. The van der Waals surface area contributed by atoms with Gasteiger partial charge in [-0.3, -0.25) is 4.79 Å². The number of hydrogen-bond donors (Lipinski definition) is 2. The van der Waals surface area contributed by atoms with Gasteiger partial charge in [0, 0.05) is 10.2 Å². The topological polar surface area (TPSA) is 77.2 Å². The second kappa shape index (κ2) is 6.55. The summed E-state index contributed by atoms with van der Waals surface area (Å²) in [6, 6.07) is 11.2. The molecule has 23 heavy (non-hydrogen) atoms. The van der Waals surface area contributed by atoms with Crippen LogP contribution in [0.25, 0.3) is 10.2 Å². The van der Waals surface area contributed by atoms with Gasteiger partial charge in [0.05, 0.1) is 10.2 Å². The molecular formula is C16H14BrN3O2S. The van der Waals surface area contributed by atoms with Crippen LogP contribution in [0, 0.1) is 6.92 Å². The van der Waals surface area contributed by atoms with E-state index >= 15 is 0 Å². The highest BCUT2D eigenvalue weighted by atomic mass is 79.9. The Balaban J connectivity index is 1.68. The highest BCUT2D eigenvalue weighted by molar-refractivity contribution is 9.10. The Morgan fingerprint density at radius 1 is 1.39 bits per heavy atom. The van der Waals surface area contributed by atoms with Gasteiger partial charge in [-0.1, -0.05) is 23.5 Å². The van der Waals surface area contributed by atoms with Gasteiger partial charge in [-0.25, -0.2) is 4.98 Å². The lowest BCUT2D eigenvalue weighted by atomic mass is 10.2. The van der Waals surface area contributed by atoms with E-state index in [1.807, 2.05) is 37.3 Å². The first kappa shape index (κ1) is 15.8. The van der Waals surface area contributed by atoms with Crippen LogP contribution in [-0.4, -0.2) is 17.5 Å². The molecule has 0 fully saturated rings. The highest BCUT2D eigenvalue weighted by Gasteiger charge is 2.10. The third-order valence-corrected chi connectivity index (χ3v) is 4.54. The molecule has 118 valence electrons. The lowest BCUT2D eigenvalue weighted by Gasteiger charge is -2.08. The Hall–Kier alpha value is -2.12. The van der Waals surface area contributed by atoms with Crippen LogP contribution in [0.5, 0.6) is 5.75 Å². The summed E-state index contributed by atoms with van der Waals surface area (Å²) in [6.45, 7) is 1.92. The largest absolute Gasteiger partial charge is 0.484 e. The molecule has 5 nitrogen and oxygen atoms in total. The lowest BCUT2D eigenvalue weighted by Crippen LogP contribution is -2.20. The summed E-state index contributed by atoms with van der Waals surface area (Å²) in [5.41, 5.74) is 8.26. The molecule has 1 heterocycles. The number of nitrogens with one attached hydrogen (secondary N) is 1. The number of amides is 1. The molecule has 0 aliphatic carbocycles. The van der Waals surface area contributed by atoms with Crippen molar-refractivity contribution in [1.29, 1.82) is 0 Å². The Morgan fingerprint density at radius 3 is 3.00 bits per heavy atom. The quantitative estimate of drug-likeness (QED) is 0.705. The second-order valence-electron chi connectivity index (χ2n) is 5.01. The first-order valence-electron chi connectivity index (χ1n) is 6.86. The van der Waals surface area contributed by atoms with Crippen molar-refractivity contribution in [2.75, 3.05) is 17.7 Å². The average molecular weight is 392 g/mol. The number of rotatable bonds is 4. The van der Waals surface area contributed by atoms with Crippen molar-refractivity contribution >= 4 is 54.2 Å². The molecule has 3 rings (SSSR count). The van der Waals surface area contributed by atoms with Gasteiger partial charge in [0.15, 0.2) is 11.7 Å². The van der Waals surface area contributed by atoms with E-state index in [0.717, 1.165) is 20.3 Å². The number of nitrogens with two attached hydrogens (primary N) is 1. The van der Waals surface area contributed by atoms with Gasteiger partial charge in [0.1, 0.15) is 5.75 Å². The average Bonchev–Trinajstić information content (AvgIpc) is 2.86. The number of thiazole rings is 1. The number of nitrogens with zero attached hydrogens (tertiary/aromatic N) is 1. The molecule has 3 N–H and O–H groups in total. The van der Waals surface area contributed by atoms with E-state index < -0.39 is 0 Å². The predicted molar refractivity (Wildman–Crippen MR) is 97.0 cm³/mol. The number of benzene rings is 2. The number of hydrogen-bond acceptors (Lipinski definition) is 5. The Kier molecular flexibility index (Phi) is 4.49. The van der Waals surface area contributed by atoms with Gasteiger partial charge in [0.25, 0.3) is 5.91 Å². The van der Waals surface area contributed by atoms with Crippen LogP contribution >= 0.6 is 27.3 Å². The molecule has 0 aliphatic heterocycles. The van der Waals surface area contributed by atoms with Crippen LogP contribution in [-0.2, 0) is 4.79 Å². The number of halogens is 1. The van der Waals surface area contributed by atoms with Gasteiger partial charge in [-0.2, -0.15) is 0 Å². The summed E-state index contributed by atoms with van der Waals surface area (Å²) in [5, 5.41) is 3.31. The van der Waals surface area contributed by atoms with Gasteiger partial charge >= 0.3 is 0 Å². The van der Waals surface area contributed by atoms with Crippen LogP contribution in [0.4, 0.5) is 10.8 Å². The molecule has 7 heteroatoms. The van der Waals surface area contributed by atoms with Crippen molar-refractivity contribution in [2.24, 2.45) is 0 Å². The van der Waals surface area contributed by atoms with Gasteiger partial charge < -0.3 is 15.8 Å². The van der Waals surface area contributed by atoms with Crippen LogP contribution in [0.3, 0.4) is 0 Å². The maximum Gasteiger partial charge on any atom is 0.262 e. The lowest BCUT2D eigenvalue weighted by molar-refractivity contribution is -0.118. The minimum atomic E-state index is -0.227. The Labute approximate surface area is 145 Å². The monoisotopic (exact) mass is 391 g/mol. The van der Waals surface area contributed by atoms with E-state index in [2.05, 4.69) is 26.2 Å². The summed E-state index contributed by atoms with van der Waals surface area (Å²) >= 11 is 4.81. The summed E-state index contributed by atoms with van der Waals surface area (Å²) < 4.78 is 7.19. The molecule has 0 saturated heterocycles. The third kappa shape index (κ3) is 3.80. The number of aromatic nitrogens is 1. The molecule has 1 aromatic heterocycles. The van der Waals surface area contributed by atoms with Gasteiger partial charge in [0.2, 0.25) is 0 Å². The number of nitrogen functional groups attached to an aromatic ring is 1. The first-order chi connectivity index (χ1) is 11.0. The van der Waals surface area contributed by atoms with Crippen LogP contribution < -0.4 is 15.8 Å². The molecular weight excluding hydrogens is 378 g/mol. The van der Waals surface area contributed by atoms with E-state index in [1.54, 1.807) is 6.07 Å². The molecule has 0 atom stereocenters. The van der Waals surface area contributed by atoms with Crippen LogP contribution in [0.1, 0.15) is 5.56 Å². The van der Waals surface area contributed by atoms with Crippen molar-refractivity contribution in [2.45, 2.75) is 6.92 Å². The zero-order valence-electron chi connectivity index (χ0n) is 12.3. The molecule has 0 bridgehead atoms.